The van der Waals surface area contributed by atoms with Gasteiger partial charge in [0.2, 0.25) is 0 Å². The molecule has 20 heavy (non-hydrogen) atoms. The van der Waals surface area contributed by atoms with E-state index in [1.165, 1.54) is 13.8 Å². The van der Waals surface area contributed by atoms with Gasteiger partial charge in [-0.2, -0.15) is 13.2 Å². The SMILES string of the molecule is CC(=O)C(/C=N/c1ncc(C(F)(F)F)cc1Cl)=C(/C)O. The maximum atomic E-state index is 12.4. The Morgan fingerprint density at radius 3 is 2.45 bits per heavy atom. The van der Waals surface area contributed by atoms with Crippen LogP contribution in [0.1, 0.15) is 19.4 Å². The molecule has 8 heteroatoms. The molecule has 108 valence electrons. The molecule has 0 fully saturated rings. The Morgan fingerprint density at radius 1 is 1.45 bits per heavy atom. The number of halogens is 4. The Bertz CT molecular complexity index is 591. The predicted octanol–water partition coefficient (Wildman–Crippen LogP) is 3.88. The summed E-state index contributed by atoms with van der Waals surface area (Å²) in [6, 6.07) is 0.685. The molecule has 1 heterocycles. The van der Waals surface area contributed by atoms with Gasteiger partial charge in [0.15, 0.2) is 11.6 Å². The van der Waals surface area contributed by atoms with Gasteiger partial charge in [-0.1, -0.05) is 11.6 Å². The lowest BCUT2D eigenvalue weighted by Crippen LogP contribution is -2.05. The molecule has 0 aliphatic heterocycles. The molecule has 0 saturated heterocycles. The van der Waals surface area contributed by atoms with E-state index in [2.05, 4.69) is 9.98 Å². The van der Waals surface area contributed by atoms with Gasteiger partial charge in [0.05, 0.1) is 16.2 Å². The Kier molecular flexibility index (Phi) is 4.88. The van der Waals surface area contributed by atoms with Crippen molar-refractivity contribution >= 4 is 29.4 Å². The second kappa shape index (κ2) is 6.04. The third kappa shape index (κ3) is 4.06. The molecule has 0 bridgehead atoms. The number of pyridine rings is 1. The number of carbonyl (C=O) groups is 1. The lowest BCUT2D eigenvalue weighted by atomic mass is 10.2. The van der Waals surface area contributed by atoms with E-state index < -0.39 is 17.5 Å². The number of aliphatic imine (C=N–C) groups is 1. The molecule has 4 nitrogen and oxygen atoms in total. The molecular formula is C12H10ClF3N2O2. The summed E-state index contributed by atoms with van der Waals surface area (Å²) in [4.78, 5) is 18.3. The number of aromatic nitrogens is 1. The van der Waals surface area contributed by atoms with Crippen molar-refractivity contribution in [3.05, 3.63) is 34.2 Å². The van der Waals surface area contributed by atoms with Crippen molar-refractivity contribution in [2.45, 2.75) is 20.0 Å². The number of hydrogen-bond acceptors (Lipinski definition) is 4. The number of aliphatic hydroxyl groups is 1. The van der Waals surface area contributed by atoms with Crippen LogP contribution in [0.15, 0.2) is 28.6 Å². The molecule has 0 atom stereocenters. The first kappa shape index (κ1) is 16.2. The number of rotatable bonds is 3. The minimum atomic E-state index is -4.55. The molecule has 1 rings (SSSR count). The molecule has 0 amide bonds. The highest BCUT2D eigenvalue weighted by molar-refractivity contribution is 6.32. The molecule has 0 unspecified atom stereocenters. The fourth-order valence-corrected chi connectivity index (χ4v) is 1.46. The van der Waals surface area contributed by atoms with Gasteiger partial charge in [-0.05, 0) is 19.9 Å². The van der Waals surface area contributed by atoms with Crippen molar-refractivity contribution < 1.29 is 23.1 Å². The molecule has 0 saturated carbocycles. The quantitative estimate of drug-likeness (QED) is 0.523. The number of allylic oxidation sites excluding steroid dienone is 2. The average molecular weight is 307 g/mol. The van der Waals surface area contributed by atoms with Gasteiger partial charge in [0.1, 0.15) is 5.76 Å². The van der Waals surface area contributed by atoms with E-state index in [-0.39, 0.29) is 22.2 Å². The lowest BCUT2D eigenvalue weighted by molar-refractivity contribution is -0.137. The highest BCUT2D eigenvalue weighted by Gasteiger charge is 2.31. The van der Waals surface area contributed by atoms with Crippen LogP contribution in [0.5, 0.6) is 0 Å². The molecular weight excluding hydrogens is 297 g/mol. The number of Topliss-reactive ketones (excluding diaryl/α,β-unsaturated/α-hetero) is 1. The highest BCUT2D eigenvalue weighted by Crippen LogP contribution is 2.33. The van der Waals surface area contributed by atoms with Gasteiger partial charge in [-0.15, -0.1) is 0 Å². The van der Waals surface area contributed by atoms with Gasteiger partial charge in [0, 0.05) is 12.4 Å². The number of hydrogen-bond donors (Lipinski definition) is 1. The maximum absolute atomic E-state index is 12.4. The van der Waals surface area contributed by atoms with E-state index in [1.54, 1.807) is 0 Å². The van der Waals surface area contributed by atoms with E-state index in [0.717, 1.165) is 6.21 Å². The third-order valence-electron chi connectivity index (χ3n) is 2.23. The molecule has 1 aromatic rings. The summed E-state index contributed by atoms with van der Waals surface area (Å²) in [5.41, 5.74) is -1.08. The van der Waals surface area contributed by atoms with Crippen molar-refractivity contribution in [3.63, 3.8) is 0 Å². The highest BCUT2D eigenvalue weighted by atomic mass is 35.5. The van der Waals surface area contributed by atoms with Gasteiger partial charge < -0.3 is 5.11 Å². The van der Waals surface area contributed by atoms with Gasteiger partial charge in [-0.3, -0.25) is 4.79 Å². The van der Waals surface area contributed by atoms with Crippen molar-refractivity contribution in [1.29, 1.82) is 0 Å². The van der Waals surface area contributed by atoms with Gasteiger partial charge in [0.25, 0.3) is 0 Å². The van der Waals surface area contributed by atoms with Gasteiger partial charge in [-0.25, -0.2) is 9.98 Å². The van der Waals surface area contributed by atoms with E-state index in [1.807, 2.05) is 0 Å². The van der Waals surface area contributed by atoms with E-state index in [4.69, 9.17) is 11.6 Å². The molecule has 0 aliphatic rings. The first-order chi connectivity index (χ1) is 9.12. The lowest BCUT2D eigenvalue weighted by Gasteiger charge is -2.06. The van der Waals surface area contributed by atoms with Crippen LogP contribution in [0.4, 0.5) is 19.0 Å². The summed E-state index contributed by atoms with van der Waals surface area (Å²) in [7, 11) is 0. The smallest absolute Gasteiger partial charge is 0.417 e. The monoisotopic (exact) mass is 306 g/mol. The van der Waals surface area contributed by atoms with Crippen molar-refractivity contribution in [3.8, 4) is 0 Å². The summed E-state index contributed by atoms with van der Waals surface area (Å²) >= 11 is 5.64. The summed E-state index contributed by atoms with van der Waals surface area (Å²) in [6.45, 7) is 2.49. The fraction of sp³-hybridized carbons (Fsp3) is 0.250. The minimum absolute atomic E-state index is 0.0808. The van der Waals surface area contributed by atoms with Crippen LogP contribution in [0.3, 0.4) is 0 Å². The zero-order chi connectivity index (χ0) is 15.5. The molecule has 0 aliphatic carbocycles. The molecule has 0 radical (unpaired) electrons. The van der Waals surface area contributed by atoms with Gasteiger partial charge >= 0.3 is 6.18 Å². The molecule has 0 spiro atoms. The second-order valence-corrected chi connectivity index (χ2v) is 4.25. The summed E-state index contributed by atoms with van der Waals surface area (Å²) < 4.78 is 37.2. The van der Waals surface area contributed by atoms with Crippen LogP contribution in [-0.4, -0.2) is 22.1 Å². The second-order valence-electron chi connectivity index (χ2n) is 3.84. The van der Waals surface area contributed by atoms with E-state index in [0.29, 0.717) is 12.3 Å². The van der Waals surface area contributed by atoms with Crippen LogP contribution in [0, 0.1) is 0 Å². The van der Waals surface area contributed by atoms with E-state index in [9.17, 15) is 23.1 Å². The Balaban J connectivity index is 3.12. The summed E-state index contributed by atoms with van der Waals surface area (Å²) in [5, 5.41) is 8.94. The number of carbonyl (C=O) groups excluding carboxylic acids is 1. The standard InChI is InChI=1S/C12H10ClF3N2O2/c1-6(19)9(7(2)20)5-18-11-10(13)3-8(4-17-11)12(14,15)16/h3-5,19H,1-2H3/b9-6-,18-5+. The molecule has 0 aromatic carbocycles. The normalized spacial score (nSPS) is 13.5. The van der Waals surface area contributed by atoms with E-state index >= 15 is 0 Å². The first-order valence-electron chi connectivity index (χ1n) is 5.30. The summed E-state index contributed by atoms with van der Waals surface area (Å²) in [6.07, 6.45) is -2.97. The number of aliphatic hydroxyl groups excluding tert-OH is 1. The maximum Gasteiger partial charge on any atom is 0.417 e. The van der Waals surface area contributed by atoms with Crippen LogP contribution >= 0.6 is 11.6 Å². The Morgan fingerprint density at radius 2 is 2.05 bits per heavy atom. The van der Waals surface area contributed by atoms with Crippen LogP contribution in [0.25, 0.3) is 0 Å². The zero-order valence-electron chi connectivity index (χ0n) is 10.5. The Hall–Kier alpha value is -1.89. The molecule has 1 N–H and O–H groups in total. The topological polar surface area (TPSA) is 62.5 Å². The Labute approximate surface area is 117 Å². The number of ketones is 1. The van der Waals surface area contributed by atoms with Crippen molar-refractivity contribution in [1.82, 2.24) is 4.98 Å². The number of nitrogens with zero attached hydrogens (tertiary/aromatic N) is 2. The van der Waals surface area contributed by atoms with Crippen molar-refractivity contribution in [2.24, 2.45) is 4.99 Å². The average Bonchev–Trinajstić information content (AvgIpc) is 2.28. The predicted molar refractivity (Wildman–Crippen MR) is 68.4 cm³/mol. The first-order valence-corrected chi connectivity index (χ1v) is 5.68. The van der Waals surface area contributed by atoms with Crippen LogP contribution < -0.4 is 0 Å². The zero-order valence-corrected chi connectivity index (χ0v) is 11.2. The molecule has 1 aromatic heterocycles. The number of alkyl halides is 3. The fourth-order valence-electron chi connectivity index (χ4n) is 1.25. The summed E-state index contributed by atoms with van der Waals surface area (Å²) in [5.74, 6) is -0.888. The largest absolute Gasteiger partial charge is 0.512 e. The minimum Gasteiger partial charge on any atom is -0.512 e. The van der Waals surface area contributed by atoms with Crippen LogP contribution in [-0.2, 0) is 11.0 Å². The van der Waals surface area contributed by atoms with Crippen molar-refractivity contribution in [2.75, 3.05) is 0 Å². The van der Waals surface area contributed by atoms with Crippen LogP contribution in [0.2, 0.25) is 5.02 Å². The third-order valence-corrected chi connectivity index (χ3v) is 2.51.